The minimum absolute atomic E-state index is 0.0156. The Kier molecular flexibility index (Phi) is 5.18. The quantitative estimate of drug-likeness (QED) is 0.748. The third-order valence-electron chi connectivity index (χ3n) is 3.25. The Morgan fingerprint density at radius 2 is 1.29 bits per heavy atom. The topological polar surface area (TPSA) is 46.2 Å². The zero-order valence-electron chi connectivity index (χ0n) is 10.6. The van der Waals surface area contributed by atoms with E-state index in [2.05, 4.69) is 0 Å². The van der Waals surface area contributed by atoms with Gasteiger partial charge in [0.2, 0.25) is 0 Å². The number of rotatable bonds is 4. The van der Waals surface area contributed by atoms with Crippen molar-refractivity contribution in [1.82, 2.24) is 0 Å². The van der Waals surface area contributed by atoms with Crippen LogP contribution >= 0.6 is 0 Å². The van der Waals surface area contributed by atoms with Crippen molar-refractivity contribution >= 4 is 0 Å². The summed E-state index contributed by atoms with van der Waals surface area (Å²) in [5.41, 5.74) is 0. The van der Waals surface area contributed by atoms with Crippen molar-refractivity contribution in [3.05, 3.63) is 0 Å². The number of hydrogen-bond acceptors (Lipinski definition) is 5. The number of ether oxygens (including phenoxy) is 5. The van der Waals surface area contributed by atoms with E-state index in [1.54, 1.807) is 14.2 Å². The highest BCUT2D eigenvalue weighted by molar-refractivity contribution is 4.74. The molecule has 17 heavy (non-hydrogen) atoms. The van der Waals surface area contributed by atoms with Gasteiger partial charge in [0.15, 0.2) is 12.6 Å². The zero-order chi connectivity index (χ0) is 12.1. The van der Waals surface area contributed by atoms with Crippen molar-refractivity contribution in [2.45, 2.75) is 50.5 Å². The first-order valence-electron chi connectivity index (χ1n) is 6.29. The molecule has 4 unspecified atom stereocenters. The van der Waals surface area contributed by atoms with Gasteiger partial charge in [-0.1, -0.05) is 0 Å². The molecule has 0 spiro atoms. The molecule has 2 saturated heterocycles. The van der Waals surface area contributed by atoms with E-state index in [-0.39, 0.29) is 24.8 Å². The molecule has 0 aromatic carbocycles. The molecule has 0 radical (unpaired) electrons. The van der Waals surface area contributed by atoms with Crippen molar-refractivity contribution in [3.8, 4) is 0 Å². The van der Waals surface area contributed by atoms with Crippen molar-refractivity contribution in [2.24, 2.45) is 0 Å². The molecule has 100 valence electrons. The molecule has 2 rings (SSSR count). The monoisotopic (exact) mass is 246 g/mol. The summed E-state index contributed by atoms with van der Waals surface area (Å²) in [6, 6.07) is 0. The summed E-state index contributed by atoms with van der Waals surface area (Å²) in [6.45, 7) is 1.49. The maximum Gasteiger partial charge on any atom is 0.183 e. The highest BCUT2D eigenvalue weighted by Gasteiger charge is 2.34. The molecule has 5 nitrogen and oxygen atoms in total. The molecule has 0 aromatic heterocycles. The highest BCUT2D eigenvalue weighted by atomic mass is 16.7. The lowest BCUT2D eigenvalue weighted by atomic mass is 10.1. The predicted octanol–water partition coefficient (Wildman–Crippen LogP) is 1.31. The fourth-order valence-corrected chi connectivity index (χ4v) is 2.38. The fourth-order valence-electron chi connectivity index (χ4n) is 2.38. The minimum Gasteiger partial charge on any atom is -0.364 e. The molecule has 0 amide bonds. The van der Waals surface area contributed by atoms with Crippen LogP contribution in [0.15, 0.2) is 0 Å². The van der Waals surface area contributed by atoms with Crippen molar-refractivity contribution in [1.29, 1.82) is 0 Å². The van der Waals surface area contributed by atoms with E-state index >= 15 is 0 Å². The summed E-state index contributed by atoms with van der Waals surface area (Å²) < 4.78 is 27.7. The molecular weight excluding hydrogens is 224 g/mol. The molecule has 0 bridgehead atoms. The molecule has 2 heterocycles. The molecule has 4 atom stereocenters. The molecule has 2 fully saturated rings. The maximum atomic E-state index is 6.04. The standard InChI is InChI=1S/C12H22O5/c1-13-11-9(5-3-7-15-11)17-10-6-4-8-16-12(10)14-2/h9-12H,3-8H2,1-2H3. The van der Waals surface area contributed by atoms with Crippen LogP contribution in [0.3, 0.4) is 0 Å². The molecule has 0 saturated carbocycles. The minimum atomic E-state index is -0.261. The summed E-state index contributed by atoms with van der Waals surface area (Å²) in [5.74, 6) is 0. The second kappa shape index (κ2) is 6.66. The van der Waals surface area contributed by atoms with Gasteiger partial charge in [0.25, 0.3) is 0 Å². The average molecular weight is 246 g/mol. The molecule has 0 aromatic rings. The van der Waals surface area contributed by atoms with Crippen LogP contribution in [0.4, 0.5) is 0 Å². The van der Waals surface area contributed by atoms with E-state index in [4.69, 9.17) is 23.7 Å². The van der Waals surface area contributed by atoms with Crippen LogP contribution in [-0.2, 0) is 23.7 Å². The Morgan fingerprint density at radius 3 is 1.71 bits per heavy atom. The number of methoxy groups -OCH3 is 2. The SMILES string of the molecule is COC1OCCCC1OC1CCCOC1OC. The van der Waals surface area contributed by atoms with Crippen LogP contribution in [0.2, 0.25) is 0 Å². The van der Waals surface area contributed by atoms with Crippen LogP contribution < -0.4 is 0 Å². The first-order chi connectivity index (χ1) is 8.35. The van der Waals surface area contributed by atoms with E-state index in [9.17, 15) is 0 Å². The Morgan fingerprint density at radius 1 is 0.824 bits per heavy atom. The normalized spacial score (nSPS) is 39.2. The maximum absolute atomic E-state index is 6.04. The lowest BCUT2D eigenvalue weighted by Gasteiger charge is -2.37. The Balaban J connectivity index is 1.88. The summed E-state index contributed by atoms with van der Waals surface area (Å²) in [5, 5.41) is 0. The Labute approximate surface area is 102 Å². The van der Waals surface area contributed by atoms with Gasteiger partial charge in [0.1, 0.15) is 12.2 Å². The van der Waals surface area contributed by atoms with Crippen molar-refractivity contribution in [2.75, 3.05) is 27.4 Å². The summed E-state index contributed by atoms with van der Waals surface area (Å²) >= 11 is 0. The van der Waals surface area contributed by atoms with E-state index in [1.165, 1.54) is 0 Å². The van der Waals surface area contributed by atoms with Crippen LogP contribution in [0.5, 0.6) is 0 Å². The van der Waals surface area contributed by atoms with E-state index in [1.807, 2.05) is 0 Å². The molecule has 0 N–H and O–H groups in total. The summed E-state index contributed by atoms with van der Waals surface area (Å²) in [7, 11) is 3.30. The van der Waals surface area contributed by atoms with E-state index in [0.29, 0.717) is 0 Å². The van der Waals surface area contributed by atoms with Crippen LogP contribution in [-0.4, -0.2) is 52.2 Å². The molecule has 0 aliphatic carbocycles. The van der Waals surface area contributed by atoms with E-state index < -0.39 is 0 Å². The van der Waals surface area contributed by atoms with Crippen LogP contribution in [0.25, 0.3) is 0 Å². The van der Waals surface area contributed by atoms with Crippen LogP contribution in [0.1, 0.15) is 25.7 Å². The van der Waals surface area contributed by atoms with Gasteiger partial charge in [0, 0.05) is 27.4 Å². The van der Waals surface area contributed by atoms with Gasteiger partial charge in [-0.25, -0.2) is 0 Å². The first kappa shape index (κ1) is 13.2. The lowest BCUT2D eigenvalue weighted by Crippen LogP contribution is -2.45. The van der Waals surface area contributed by atoms with Gasteiger partial charge in [-0.15, -0.1) is 0 Å². The second-order valence-corrected chi connectivity index (χ2v) is 4.45. The third-order valence-corrected chi connectivity index (χ3v) is 3.25. The Hall–Kier alpha value is -0.200. The summed E-state index contributed by atoms with van der Waals surface area (Å²) in [4.78, 5) is 0. The zero-order valence-corrected chi connectivity index (χ0v) is 10.6. The molecular formula is C12H22O5. The number of hydrogen-bond donors (Lipinski definition) is 0. The second-order valence-electron chi connectivity index (χ2n) is 4.45. The van der Waals surface area contributed by atoms with Crippen molar-refractivity contribution in [3.63, 3.8) is 0 Å². The predicted molar refractivity (Wildman–Crippen MR) is 60.6 cm³/mol. The van der Waals surface area contributed by atoms with Gasteiger partial charge in [0.05, 0.1) is 0 Å². The molecule has 2 aliphatic heterocycles. The smallest absolute Gasteiger partial charge is 0.183 e. The first-order valence-corrected chi connectivity index (χ1v) is 6.29. The molecule has 5 heteroatoms. The average Bonchev–Trinajstić information content (AvgIpc) is 2.40. The fraction of sp³-hybridized carbons (Fsp3) is 1.00. The van der Waals surface area contributed by atoms with Gasteiger partial charge < -0.3 is 23.7 Å². The van der Waals surface area contributed by atoms with Crippen LogP contribution in [0, 0.1) is 0 Å². The highest BCUT2D eigenvalue weighted by Crippen LogP contribution is 2.25. The van der Waals surface area contributed by atoms with Gasteiger partial charge in [-0.3, -0.25) is 0 Å². The van der Waals surface area contributed by atoms with Crippen molar-refractivity contribution < 1.29 is 23.7 Å². The van der Waals surface area contributed by atoms with E-state index in [0.717, 1.165) is 38.9 Å². The lowest BCUT2D eigenvalue weighted by molar-refractivity contribution is -0.273. The van der Waals surface area contributed by atoms with Gasteiger partial charge in [-0.05, 0) is 25.7 Å². The largest absolute Gasteiger partial charge is 0.364 e. The Bertz CT molecular complexity index is 201. The van der Waals surface area contributed by atoms with Gasteiger partial charge >= 0.3 is 0 Å². The summed E-state index contributed by atoms with van der Waals surface area (Å²) in [6.07, 6.45) is 3.39. The third kappa shape index (κ3) is 3.39. The molecule has 2 aliphatic rings. The van der Waals surface area contributed by atoms with Gasteiger partial charge in [-0.2, -0.15) is 0 Å².